The number of ether oxygens (including phenoxy) is 2. The van der Waals surface area contributed by atoms with Gasteiger partial charge in [-0.15, -0.1) is 5.10 Å². The maximum atomic E-state index is 13.9. The molecule has 1 fully saturated rings. The lowest BCUT2D eigenvalue weighted by atomic mass is 10.1. The molecule has 2 aromatic carbocycles. The highest BCUT2D eigenvalue weighted by Crippen LogP contribution is 2.32. The molecule has 0 bridgehead atoms. The highest BCUT2D eigenvalue weighted by atomic mass is 32.2. The number of nitrogens with one attached hydrogen (secondary N) is 1. The summed E-state index contributed by atoms with van der Waals surface area (Å²) in [6.45, 7) is 2.58. The summed E-state index contributed by atoms with van der Waals surface area (Å²) in [7, 11) is -2.44. The van der Waals surface area contributed by atoms with Gasteiger partial charge in [-0.05, 0) is 51.1 Å². The molecule has 1 amide bonds. The van der Waals surface area contributed by atoms with E-state index in [9.17, 15) is 36.9 Å². The molecule has 0 aliphatic carbocycles. The minimum Gasteiger partial charge on any atom is -0.490 e. The standard InChI is InChI=1S/C28H30F2N6O8S/c1-3-43-28(38)35-24-8-11-34(45(41,42)21-13-17(29)12-18(30)14-21)16-23(24)26(32-35)31-27(37)22-5-4-20(15-25(22)36(39)40)44-19-6-9-33(2)10-7-19/h4-5,12-15,19H,3,6-11,16H2,1-2H3,(H,31,32,37). The first kappa shape index (κ1) is 31.9. The van der Waals surface area contributed by atoms with Crippen molar-refractivity contribution in [2.45, 2.75) is 43.7 Å². The molecule has 1 saturated heterocycles. The number of nitrogens with zero attached hydrogens (tertiary/aromatic N) is 5. The molecule has 17 heteroatoms. The van der Waals surface area contributed by atoms with Gasteiger partial charge in [0, 0.05) is 44.2 Å². The smallest absolute Gasteiger partial charge is 0.434 e. The zero-order valence-corrected chi connectivity index (χ0v) is 25.2. The van der Waals surface area contributed by atoms with E-state index in [0.717, 1.165) is 41.0 Å². The SMILES string of the molecule is CCOC(=O)n1nc(NC(=O)c2ccc(OC3CCN(C)CC3)cc2[N+](=O)[O-])c2c1CCN(S(=O)(=O)c1cc(F)cc(F)c1)C2. The van der Waals surface area contributed by atoms with Gasteiger partial charge >= 0.3 is 6.09 Å². The Kier molecular flexibility index (Phi) is 9.13. The molecule has 0 atom stereocenters. The number of halogens is 2. The number of piperidine rings is 1. The molecule has 3 aromatic rings. The van der Waals surface area contributed by atoms with Gasteiger partial charge < -0.3 is 19.7 Å². The Balaban J connectivity index is 1.44. The number of anilines is 1. The van der Waals surface area contributed by atoms with Crippen molar-refractivity contribution in [2.75, 3.05) is 38.6 Å². The summed E-state index contributed by atoms with van der Waals surface area (Å²) in [4.78, 5) is 38.8. The van der Waals surface area contributed by atoms with Crippen molar-refractivity contribution in [1.29, 1.82) is 0 Å². The van der Waals surface area contributed by atoms with Crippen LogP contribution in [-0.4, -0.2) is 83.7 Å². The number of sulfonamides is 1. The lowest BCUT2D eigenvalue weighted by Crippen LogP contribution is -2.37. The van der Waals surface area contributed by atoms with Gasteiger partial charge in [-0.2, -0.15) is 8.99 Å². The number of hydrogen-bond acceptors (Lipinski definition) is 10. The van der Waals surface area contributed by atoms with E-state index in [4.69, 9.17) is 9.47 Å². The second-order valence-electron chi connectivity index (χ2n) is 10.6. The lowest BCUT2D eigenvalue weighted by molar-refractivity contribution is -0.385. The van der Waals surface area contributed by atoms with Crippen molar-refractivity contribution in [2.24, 2.45) is 0 Å². The Morgan fingerprint density at radius 1 is 1.11 bits per heavy atom. The molecular formula is C28H30F2N6O8S. The third-order valence-corrected chi connectivity index (χ3v) is 9.37. The number of amides is 1. The maximum Gasteiger partial charge on any atom is 0.434 e. The molecule has 1 N–H and O–H groups in total. The monoisotopic (exact) mass is 648 g/mol. The van der Waals surface area contributed by atoms with E-state index in [2.05, 4.69) is 15.3 Å². The Bertz CT molecular complexity index is 1740. The van der Waals surface area contributed by atoms with E-state index in [0.29, 0.717) is 18.2 Å². The van der Waals surface area contributed by atoms with Crippen LogP contribution in [0.5, 0.6) is 5.75 Å². The first-order valence-corrected chi connectivity index (χ1v) is 15.5. The van der Waals surface area contributed by atoms with E-state index in [1.165, 1.54) is 12.1 Å². The van der Waals surface area contributed by atoms with Crippen LogP contribution in [0.4, 0.5) is 25.1 Å². The van der Waals surface area contributed by atoms with Crippen LogP contribution in [0, 0.1) is 21.7 Å². The largest absolute Gasteiger partial charge is 0.490 e. The number of carbonyl (C=O) groups excluding carboxylic acids is 2. The van der Waals surface area contributed by atoms with Gasteiger partial charge in [-0.1, -0.05) is 0 Å². The number of rotatable bonds is 8. The van der Waals surface area contributed by atoms with Gasteiger partial charge in [0.25, 0.3) is 11.6 Å². The number of nitro groups is 1. The molecule has 0 saturated carbocycles. The van der Waals surface area contributed by atoms with Gasteiger partial charge in [-0.3, -0.25) is 14.9 Å². The molecule has 0 unspecified atom stereocenters. The number of hydrogen-bond donors (Lipinski definition) is 1. The van der Waals surface area contributed by atoms with Crippen LogP contribution in [0.1, 0.15) is 41.4 Å². The summed E-state index contributed by atoms with van der Waals surface area (Å²) in [6, 6.07) is 5.74. The first-order valence-electron chi connectivity index (χ1n) is 14.1. The fraction of sp³-hybridized carbons (Fsp3) is 0.393. The van der Waals surface area contributed by atoms with E-state index >= 15 is 0 Å². The molecule has 1 aromatic heterocycles. The third-order valence-electron chi connectivity index (χ3n) is 7.55. The Labute approximate surface area is 256 Å². The molecule has 45 heavy (non-hydrogen) atoms. The van der Waals surface area contributed by atoms with Crippen LogP contribution >= 0.6 is 0 Å². The van der Waals surface area contributed by atoms with Crippen LogP contribution < -0.4 is 10.1 Å². The molecule has 3 heterocycles. The summed E-state index contributed by atoms with van der Waals surface area (Å²) in [6.07, 6.45) is 0.377. The van der Waals surface area contributed by atoms with Gasteiger partial charge in [0.15, 0.2) is 5.82 Å². The van der Waals surface area contributed by atoms with E-state index in [1.807, 2.05) is 7.05 Å². The molecule has 0 spiro atoms. The van der Waals surface area contributed by atoms with Gasteiger partial charge in [0.1, 0.15) is 29.1 Å². The molecule has 0 radical (unpaired) electrons. The van der Waals surface area contributed by atoms with Crippen molar-refractivity contribution < 1.29 is 41.2 Å². The van der Waals surface area contributed by atoms with Crippen molar-refractivity contribution >= 4 is 33.5 Å². The second-order valence-corrected chi connectivity index (χ2v) is 12.5. The van der Waals surface area contributed by atoms with E-state index in [1.54, 1.807) is 6.92 Å². The van der Waals surface area contributed by atoms with Crippen molar-refractivity contribution in [3.8, 4) is 5.75 Å². The number of likely N-dealkylation sites (tertiary alicyclic amines) is 1. The predicted octanol–water partition coefficient (Wildman–Crippen LogP) is 3.55. The van der Waals surface area contributed by atoms with Gasteiger partial charge in [-0.25, -0.2) is 22.0 Å². The van der Waals surface area contributed by atoms with Crippen LogP contribution in [0.2, 0.25) is 0 Å². The minimum absolute atomic E-state index is 0.00102. The van der Waals surface area contributed by atoms with Gasteiger partial charge in [0.05, 0.1) is 28.2 Å². The van der Waals surface area contributed by atoms with Crippen LogP contribution in [-0.2, 0) is 27.7 Å². The Morgan fingerprint density at radius 3 is 2.44 bits per heavy atom. The molecule has 240 valence electrons. The van der Waals surface area contributed by atoms with Crippen molar-refractivity contribution in [3.05, 3.63) is 75.0 Å². The van der Waals surface area contributed by atoms with E-state index in [-0.39, 0.29) is 54.1 Å². The molecule has 5 rings (SSSR count). The zero-order chi connectivity index (χ0) is 32.5. The minimum atomic E-state index is -4.42. The fourth-order valence-corrected chi connectivity index (χ4v) is 6.71. The fourth-order valence-electron chi connectivity index (χ4n) is 5.26. The van der Waals surface area contributed by atoms with Crippen LogP contribution in [0.15, 0.2) is 41.3 Å². The normalized spacial score (nSPS) is 16.2. The summed E-state index contributed by atoms with van der Waals surface area (Å²) < 4.78 is 67.1. The summed E-state index contributed by atoms with van der Waals surface area (Å²) in [5.41, 5.74) is -0.524. The first-order chi connectivity index (χ1) is 21.4. The zero-order valence-electron chi connectivity index (χ0n) is 24.4. The molecule has 2 aliphatic heterocycles. The topological polar surface area (TPSA) is 166 Å². The van der Waals surface area contributed by atoms with Crippen molar-refractivity contribution in [3.63, 3.8) is 0 Å². The second kappa shape index (κ2) is 12.9. The number of carbonyl (C=O) groups is 2. The quantitative estimate of drug-likeness (QED) is 0.282. The summed E-state index contributed by atoms with van der Waals surface area (Å²) in [5, 5.41) is 18.6. The molecular weight excluding hydrogens is 618 g/mol. The highest BCUT2D eigenvalue weighted by molar-refractivity contribution is 7.89. The number of benzene rings is 2. The number of nitro benzene ring substituents is 1. The Morgan fingerprint density at radius 2 is 1.80 bits per heavy atom. The van der Waals surface area contributed by atoms with Crippen LogP contribution in [0.25, 0.3) is 0 Å². The average molecular weight is 649 g/mol. The average Bonchev–Trinajstić information content (AvgIpc) is 3.35. The Hall–Kier alpha value is -4.48. The number of fused-ring (bicyclic) bond motifs is 1. The summed E-state index contributed by atoms with van der Waals surface area (Å²) in [5.74, 6) is -3.13. The van der Waals surface area contributed by atoms with Crippen molar-refractivity contribution in [1.82, 2.24) is 19.0 Å². The predicted molar refractivity (Wildman–Crippen MR) is 155 cm³/mol. The molecule has 2 aliphatic rings. The third kappa shape index (κ3) is 6.79. The van der Waals surface area contributed by atoms with Gasteiger partial charge in [0.2, 0.25) is 10.0 Å². The van der Waals surface area contributed by atoms with E-state index < -0.39 is 55.7 Å². The lowest BCUT2D eigenvalue weighted by Gasteiger charge is -2.29. The maximum absolute atomic E-state index is 13.9. The highest BCUT2D eigenvalue weighted by Gasteiger charge is 2.35. The molecule has 14 nitrogen and oxygen atoms in total. The number of aromatic nitrogens is 2. The van der Waals surface area contributed by atoms with Crippen LogP contribution in [0.3, 0.4) is 0 Å². The summed E-state index contributed by atoms with van der Waals surface area (Å²) >= 11 is 0.